The van der Waals surface area contributed by atoms with Crippen LogP contribution in [0.2, 0.25) is 0 Å². The molecule has 0 N–H and O–H groups in total. The Hall–Kier alpha value is -1.64. The topological polar surface area (TPSA) is 78.0 Å². The minimum Gasteiger partial charge on any atom is -0.274 e. The second kappa shape index (κ2) is 4.32. The Kier molecular flexibility index (Phi) is 3.41. The van der Waals surface area contributed by atoms with Crippen molar-refractivity contribution in [2.45, 2.75) is 19.6 Å². The highest BCUT2D eigenvalue weighted by molar-refractivity contribution is 6.68. The highest BCUT2D eigenvalue weighted by Gasteiger charge is 2.36. The van der Waals surface area contributed by atoms with E-state index in [1.807, 2.05) is 0 Å². The van der Waals surface area contributed by atoms with E-state index in [0.717, 1.165) is 6.92 Å². The molecule has 0 aromatic carbocycles. The lowest BCUT2D eigenvalue weighted by molar-refractivity contribution is -0.385. The molecule has 0 unspecified atom stereocenters. The number of alkyl halides is 3. The third-order valence-electron chi connectivity index (χ3n) is 1.79. The molecule has 0 amide bonds. The number of hydrogen-bond donors (Lipinski definition) is 0. The van der Waals surface area contributed by atoms with E-state index in [1.165, 1.54) is 0 Å². The minimum absolute atomic E-state index is 0.183. The summed E-state index contributed by atoms with van der Waals surface area (Å²) in [6.45, 7) is -0.496. The van der Waals surface area contributed by atoms with Gasteiger partial charge in [0.15, 0.2) is 5.69 Å². The summed E-state index contributed by atoms with van der Waals surface area (Å²) in [4.78, 5) is 20.5. The predicted octanol–water partition coefficient (Wildman–Crippen LogP) is 2.04. The van der Waals surface area contributed by atoms with Gasteiger partial charge in [0.1, 0.15) is 12.2 Å². The van der Waals surface area contributed by atoms with E-state index in [2.05, 4.69) is 5.10 Å². The number of hydrogen-bond acceptors (Lipinski definition) is 4. The first kappa shape index (κ1) is 13.4. The average molecular weight is 272 g/mol. The number of carbonyl (C=O) groups excluding carboxylic acids is 1. The van der Waals surface area contributed by atoms with Crippen molar-refractivity contribution in [3.8, 4) is 0 Å². The van der Waals surface area contributed by atoms with Gasteiger partial charge in [-0.05, 0) is 18.5 Å². The second-order valence-electron chi connectivity index (χ2n) is 3.09. The Morgan fingerprint density at radius 2 is 2.12 bits per heavy atom. The maximum atomic E-state index is 12.1. The van der Waals surface area contributed by atoms with Crippen molar-refractivity contribution in [2.75, 3.05) is 0 Å². The van der Waals surface area contributed by atoms with Crippen LogP contribution in [0.4, 0.5) is 18.9 Å². The van der Waals surface area contributed by atoms with Crippen molar-refractivity contribution in [1.29, 1.82) is 0 Å². The van der Waals surface area contributed by atoms with Crippen LogP contribution in [0.5, 0.6) is 0 Å². The maximum Gasteiger partial charge on any atom is 0.408 e. The molecule has 0 atom stereocenters. The highest BCUT2D eigenvalue weighted by atomic mass is 35.5. The van der Waals surface area contributed by atoms with Gasteiger partial charge < -0.3 is 0 Å². The van der Waals surface area contributed by atoms with Gasteiger partial charge in [0.05, 0.1) is 4.92 Å². The third-order valence-corrected chi connectivity index (χ3v) is 1.97. The standard InChI is InChI=1S/C7H5ClF3N3O3/c1-3-4(14(16)17)5(6(8)15)13(12-3)2-7(9,10)11/h2H2,1H3. The molecule has 0 aliphatic heterocycles. The fourth-order valence-electron chi connectivity index (χ4n) is 1.27. The third kappa shape index (κ3) is 2.93. The van der Waals surface area contributed by atoms with Crippen molar-refractivity contribution in [2.24, 2.45) is 0 Å². The molecule has 17 heavy (non-hydrogen) atoms. The summed E-state index contributed by atoms with van der Waals surface area (Å²) in [6.07, 6.45) is -4.66. The molecule has 0 bridgehead atoms. The molecular weight excluding hydrogens is 267 g/mol. The molecule has 0 radical (unpaired) electrons. The van der Waals surface area contributed by atoms with E-state index >= 15 is 0 Å². The number of aromatic nitrogens is 2. The Bertz CT molecular complexity index is 483. The van der Waals surface area contributed by atoms with Crippen molar-refractivity contribution in [3.63, 3.8) is 0 Å². The molecule has 0 aliphatic carbocycles. The monoisotopic (exact) mass is 271 g/mol. The summed E-state index contributed by atoms with van der Waals surface area (Å²) >= 11 is 5.03. The molecule has 1 rings (SSSR count). The van der Waals surface area contributed by atoms with Gasteiger partial charge in [-0.15, -0.1) is 0 Å². The molecule has 1 heterocycles. The summed E-state index contributed by atoms with van der Waals surface area (Å²) < 4.78 is 36.6. The summed E-state index contributed by atoms with van der Waals surface area (Å²) in [5.74, 6) is 0. The lowest BCUT2D eigenvalue weighted by Crippen LogP contribution is -2.21. The molecule has 0 fully saturated rings. The zero-order chi connectivity index (χ0) is 13.4. The zero-order valence-electron chi connectivity index (χ0n) is 8.29. The van der Waals surface area contributed by atoms with Gasteiger partial charge in [-0.1, -0.05) is 0 Å². The molecule has 1 aromatic rings. The van der Waals surface area contributed by atoms with Crippen LogP contribution >= 0.6 is 11.6 Å². The average Bonchev–Trinajstić information content (AvgIpc) is 2.38. The highest BCUT2D eigenvalue weighted by Crippen LogP contribution is 2.27. The fourth-order valence-corrected chi connectivity index (χ4v) is 1.46. The van der Waals surface area contributed by atoms with Crippen LogP contribution in [0.3, 0.4) is 0 Å². The number of halogens is 4. The molecule has 1 aromatic heterocycles. The van der Waals surface area contributed by atoms with Gasteiger partial charge in [0.2, 0.25) is 0 Å². The van der Waals surface area contributed by atoms with Crippen molar-refractivity contribution in [3.05, 3.63) is 21.5 Å². The Morgan fingerprint density at radius 3 is 2.47 bits per heavy atom. The predicted molar refractivity (Wildman–Crippen MR) is 49.9 cm³/mol. The summed E-state index contributed by atoms with van der Waals surface area (Å²) in [7, 11) is 0. The van der Waals surface area contributed by atoms with Gasteiger partial charge in [-0.25, -0.2) is 4.68 Å². The van der Waals surface area contributed by atoms with Crippen LogP contribution in [0.15, 0.2) is 0 Å². The van der Waals surface area contributed by atoms with Crippen molar-refractivity contribution >= 4 is 22.5 Å². The summed E-state index contributed by atoms with van der Waals surface area (Å²) in [5, 5.41) is 12.5. The van der Waals surface area contributed by atoms with E-state index in [4.69, 9.17) is 11.6 Å². The van der Waals surface area contributed by atoms with Crippen LogP contribution in [0.1, 0.15) is 16.2 Å². The van der Waals surface area contributed by atoms with E-state index in [1.54, 1.807) is 0 Å². The molecule has 0 aliphatic rings. The normalized spacial score (nSPS) is 11.6. The number of carbonyl (C=O) groups is 1. The molecular formula is C7H5ClF3N3O3. The van der Waals surface area contributed by atoms with E-state index in [0.29, 0.717) is 0 Å². The Morgan fingerprint density at radius 1 is 1.59 bits per heavy atom. The van der Waals surface area contributed by atoms with Crippen molar-refractivity contribution < 1.29 is 22.9 Å². The molecule has 0 saturated heterocycles. The maximum absolute atomic E-state index is 12.1. The minimum atomic E-state index is -4.66. The first-order valence-electron chi connectivity index (χ1n) is 4.12. The smallest absolute Gasteiger partial charge is 0.274 e. The van der Waals surface area contributed by atoms with Crippen LogP contribution in [0.25, 0.3) is 0 Å². The van der Waals surface area contributed by atoms with Crippen LogP contribution in [0, 0.1) is 17.0 Å². The SMILES string of the molecule is Cc1nn(CC(F)(F)F)c(C(=O)Cl)c1[N+](=O)[O-]. The van der Waals surface area contributed by atoms with Crippen LogP contribution in [-0.2, 0) is 6.54 Å². The molecule has 0 saturated carbocycles. The second-order valence-corrected chi connectivity index (χ2v) is 3.43. The first-order chi connectivity index (χ1) is 7.63. The van der Waals surface area contributed by atoms with E-state index in [9.17, 15) is 28.1 Å². The van der Waals surface area contributed by atoms with Crippen LogP contribution in [-0.4, -0.2) is 26.1 Å². The Balaban J connectivity index is 3.37. The van der Waals surface area contributed by atoms with Crippen LogP contribution < -0.4 is 0 Å². The van der Waals surface area contributed by atoms with E-state index in [-0.39, 0.29) is 10.4 Å². The number of aryl methyl sites for hydroxylation is 1. The first-order valence-corrected chi connectivity index (χ1v) is 4.49. The van der Waals surface area contributed by atoms with Gasteiger partial charge >= 0.3 is 11.9 Å². The van der Waals surface area contributed by atoms with Crippen molar-refractivity contribution in [1.82, 2.24) is 9.78 Å². The van der Waals surface area contributed by atoms with E-state index < -0.39 is 34.3 Å². The lowest BCUT2D eigenvalue weighted by atomic mass is 10.3. The number of nitrogens with zero attached hydrogens (tertiary/aromatic N) is 3. The number of nitro groups is 1. The van der Waals surface area contributed by atoms with Gasteiger partial charge in [0, 0.05) is 0 Å². The fraction of sp³-hybridized carbons (Fsp3) is 0.429. The molecule has 6 nitrogen and oxygen atoms in total. The van der Waals surface area contributed by atoms with Gasteiger partial charge in [0.25, 0.3) is 5.24 Å². The molecule has 94 valence electrons. The zero-order valence-corrected chi connectivity index (χ0v) is 9.04. The summed E-state index contributed by atoms with van der Waals surface area (Å²) in [6, 6.07) is 0. The summed E-state index contributed by atoms with van der Waals surface area (Å²) in [5.41, 5.74) is -1.98. The number of rotatable bonds is 3. The molecule has 0 spiro atoms. The lowest BCUT2D eigenvalue weighted by Gasteiger charge is -2.07. The Labute approximate surface area is 97.1 Å². The van der Waals surface area contributed by atoms with Gasteiger partial charge in [-0.3, -0.25) is 14.9 Å². The molecule has 10 heteroatoms. The van der Waals surface area contributed by atoms with Gasteiger partial charge in [-0.2, -0.15) is 18.3 Å². The quantitative estimate of drug-likeness (QED) is 0.479. The largest absolute Gasteiger partial charge is 0.408 e.